The maximum absolute atomic E-state index is 14.0. The molecule has 2 atom stereocenters. The molecule has 0 aromatic heterocycles. The van der Waals surface area contributed by atoms with Crippen LogP contribution >= 0.6 is 20.8 Å². The number of halogens is 1. The third kappa shape index (κ3) is 8.45. The summed E-state index contributed by atoms with van der Waals surface area (Å²) in [7, 11) is 0. The van der Waals surface area contributed by atoms with Crippen molar-refractivity contribution in [3.8, 4) is 0 Å². The molecule has 228 valence electrons. The molecule has 0 aliphatic heterocycles. The molecule has 2 amide bonds. The molecular weight excluding hydrogens is 607 g/mol. The number of carbonyl (C=O) groups is 2. The first-order valence-corrected chi connectivity index (χ1v) is 19.3. The van der Waals surface area contributed by atoms with Crippen LogP contribution in [0.3, 0.4) is 0 Å². The predicted molar refractivity (Wildman–Crippen MR) is 182 cm³/mol. The van der Waals surface area contributed by atoms with Crippen LogP contribution in [0.25, 0.3) is 0 Å². The van der Waals surface area contributed by atoms with E-state index in [4.69, 9.17) is 4.74 Å². The molecule has 5 nitrogen and oxygen atoms in total. The van der Waals surface area contributed by atoms with Crippen LogP contribution in [0.4, 0.5) is 4.79 Å². The number of carbonyl (C=O) groups excluding carboxylic acids is 2. The van der Waals surface area contributed by atoms with Crippen LogP contribution in [-0.4, -0.2) is 35.8 Å². The van der Waals surface area contributed by atoms with Crippen molar-refractivity contribution in [2.75, 3.05) is 6.16 Å². The van der Waals surface area contributed by atoms with Gasteiger partial charge in [0, 0.05) is 0 Å². The fraction of sp³-hybridized carbons (Fsp3) is 0.429. The van der Waals surface area contributed by atoms with Gasteiger partial charge in [0.25, 0.3) is 0 Å². The van der Waals surface area contributed by atoms with Gasteiger partial charge in [-0.3, -0.25) is 0 Å². The SMILES string of the molecule is CC(C)C(NC(=O)OC(C)(C)C)C(=O)N[C@H](CP(Br)(Cc1ccccc1)(c1ccccc1)c1ccccc1)C(C)(C)C. The van der Waals surface area contributed by atoms with Gasteiger partial charge < -0.3 is 0 Å². The van der Waals surface area contributed by atoms with Gasteiger partial charge in [-0.15, -0.1) is 0 Å². The second kappa shape index (κ2) is 13.3. The van der Waals surface area contributed by atoms with E-state index in [2.05, 4.69) is 120 Å². The summed E-state index contributed by atoms with van der Waals surface area (Å²) in [6, 6.07) is 30.9. The van der Waals surface area contributed by atoms with Crippen LogP contribution in [0.2, 0.25) is 0 Å². The van der Waals surface area contributed by atoms with E-state index in [-0.39, 0.29) is 23.3 Å². The van der Waals surface area contributed by atoms with Gasteiger partial charge in [0.2, 0.25) is 0 Å². The summed E-state index contributed by atoms with van der Waals surface area (Å²) >= 11 is 4.56. The molecule has 0 saturated carbocycles. The third-order valence-corrected chi connectivity index (χ3v) is 16.8. The standard InChI is InChI=1S/C35H48BrN2O3P/c1-26(2)31(38-33(40)41-35(6,7)8)32(39)37-30(34(3,4)5)25-42(36,28-20-14-10-15-21-28,29-22-16-11-17-23-29)24-27-18-12-9-13-19-27/h9-23,26,30-31H,24-25H2,1-8H3,(H,37,39)(H,38,40)/t30-,31?/m1/s1. The average Bonchev–Trinajstić information content (AvgIpc) is 2.91. The first-order chi connectivity index (χ1) is 19.5. The van der Waals surface area contributed by atoms with Crippen LogP contribution in [0.1, 0.15) is 61.0 Å². The minimum absolute atomic E-state index is 0.134. The Bertz CT molecular complexity index is 1280. The van der Waals surface area contributed by atoms with E-state index in [1.807, 2.05) is 52.8 Å². The Morgan fingerprint density at radius 3 is 1.62 bits per heavy atom. The number of ether oxygens (including phenoxy) is 1. The maximum atomic E-state index is 14.0. The molecule has 0 heterocycles. The zero-order valence-corrected chi connectivity index (χ0v) is 28.8. The van der Waals surface area contributed by atoms with Crippen molar-refractivity contribution in [2.45, 2.75) is 79.2 Å². The normalized spacial score (nSPS) is 14.8. The number of nitrogens with one attached hydrogen (secondary N) is 2. The van der Waals surface area contributed by atoms with E-state index >= 15 is 0 Å². The van der Waals surface area contributed by atoms with Gasteiger partial charge in [-0.2, -0.15) is 0 Å². The number of hydrogen-bond acceptors (Lipinski definition) is 3. The van der Waals surface area contributed by atoms with Gasteiger partial charge in [0.15, 0.2) is 0 Å². The van der Waals surface area contributed by atoms with E-state index in [9.17, 15) is 9.59 Å². The number of amides is 2. The van der Waals surface area contributed by atoms with Crippen LogP contribution in [0.5, 0.6) is 0 Å². The van der Waals surface area contributed by atoms with Gasteiger partial charge in [-0.25, -0.2) is 0 Å². The summed E-state index contributed by atoms with van der Waals surface area (Å²) in [4.78, 5) is 26.7. The Labute approximate surface area is 260 Å². The molecule has 2 N–H and O–H groups in total. The molecule has 0 bridgehead atoms. The summed E-state index contributed by atoms with van der Waals surface area (Å²) in [5.74, 6) is -0.348. The molecule has 0 radical (unpaired) electrons. The average molecular weight is 656 g/mol. The van der Waals surface area contributed by atoms with Gasteiger partial charge >= 0.3 is 262 Å². The Morgan fingerprint density at radius 1 is 0.762 bits per heavy atom. The molecule has 0 spiro atoms. The summed E-state index contributed by atoms with van der Waals surface area (Å²) < 4.78 is 5.49. The third-order valence-electron chi connectivity index (χ3n) is 7.60. The van der Waals surface area contributed by atoms with Gasteiger partial charge in [0.1, 0.15) is 0 Å². The zero-order chi connectivity index (χ0) is 31.2. The van der Waals surface area contributed by atoms with Crippen molar-refractivity contribution in [1.29, 1.82) is 0 Å². The van der Waals surface area contributed by atoms with Crippen LogP contribution < -0.4 is 21.2 Å². The molecule has 0 aliphatic rings. The van der Waals surface area contributed by atoms with Crippen LogP contribution in [0, 0.1) is 11.3 Å². The van der Waals surface area contributed by atoms with Crippen molar-refractivity contribution in [1.82, 2.24) is 10.6 Å². The number of benzene rings is 3. The number of alkyl carbamates (subject to hydrolysis) is 1. The van der Waals surface area contributed by atoms with Crippen LogP contribution in [0.15, 0.2) is 91.0 Å². The topological polar surface area (TPSA) is 67.4 Å². The van der Waals surface area contributed by atoms with Gasteiger partial charge in [0.05, 0.1) is 0 Å². The Hall–Kier alpha value is -2.69. The Kier molecular flexibility index (Phi) is 10.7. The molecule has 3 aromatic carbocycles. The molecule has 0 saturated heterocycles. The molecule has 3 aromatic rings. The summed E-state index contributed by atoms with van der Waals surface area (Å²) in [5.41, 5.74) is 0.275. The van der Waals surface area contributed by atoms with Crippen molar-refractivity contribution in [2.24, 2.45) is 11.3 Å². The van der Waals surface area contributed by atoms with E-state index in [0.717, 1.165) is 6.16 Å². The van der Waals surface area contributed by atoms with E-state index in [1.54, 1.807) is 0 Å². The number of hydrogen-bond donors (Lipinski definition) is 2. The minimum atomic E-state index is -3.19. The predicted octanol–water partition coefficient (Wildman–Crippen LogP) is 7.78. The van der Waals surface area contributed by atoms with E-state index < -0.39 is 23.0 Å². The first-order valence-electron chi connectivity index (χ1n) is 14.7. The summed E-state index contributed by atoms with van der Waals surface area (Å²) in [5, 5.41) is 5.51. The quantitative estimate of drug-likeness (QED) is 0.219. The fourth-order valence-corrected chi connectivity index (χ4v) is 13.7. The number of rotatable bonds is 10. The monoisotopic (exact) mass is 654 g/mol. The van der Waals surface area contributed by atoms with Gasteiger partial charge in [-0.05, 0) is 0 Å². The fourth-order valence-electron chi connectivity index (χ4n) is 5.26. The van der Waals surface area contributed by atoms with E-state index in [1.165, 1.54) is 16.2 Å². The summed E-state index contributed by atoms with van der Waals surface area (Å²) in [6.07, 6.45) is 0.870. The molecule has 3 rings (SSSR count). The molecule has 0 fully saturated rings. The molecule has 1 unspecified atom stereocenters. The Balaban J connectivity index is 2.13. The van der Waals surface area contributed by atoms with Crippen molar-refractivity contribution >= 4 is 43.4 Å². The second-order valence-corrected chi connectivity index (χ2v) is 23.3. The van der Waals surface area contributed by atoms with E-state index in [0.29, 0.717) is 6.16 Å². The van der Waals surface area contributed by atoms with Gasteiger partial charge in [-0.1, -0.05) is 0 Å². The molecule has 7 heteroatoms. The van der Waals surface area contributed by atoms with Crippen molar-refractivity contribution in [3.63, 3.8) is 0 Å². The van der Waals surface area contributed by atoms with Crippen molar-refractivity contribution < 1.29 is 14.3 Å². The molecule has 0 aliphatic carbocycles. The molecule has 42 heavy (non-hydrogen) atoms. The first kappa shape index (κ1) is 33.8. The summed E-state index contributed by atoms with van der Waals surface area (Å²) in [6.45, 7) is 15.8. The van der Waals surface area contributed by atoms with Crippen LogP contribution in [-0.2, 0) is 15.7 Å². The molecular formula is C35H48BrN2O3P. The van der Waals surface area contributed by atoms with Crippen molar-refractivity contribution in [3.05, 3.63) is 96.6 Å². The second-order valence-electron chi connectivity index (χ2n) is 13.7. The zero-order valence-electron chi connectivity index (χ0n) is 26.4. The Morgan fingerprint density at radius 2 is 1.21 bits per heavy atom.